The summed E-state index contributed by atoms with van der Waals surface area (Å²) in [4.78, 5) is 11.1. The van der Waals surface area contributed by atoms with Crippen LogP contribution in [-0.2, 0) is 13.1 Å². The van der Waals surface area contributed by atoms with Gasteiger partial charge in [0, 0.05) is 39.1 Å². The highest BCUT2D eigenvalue weighted by Crippen LogP contribution is 2.18. The van der Waals surface area contributed by atoms with Gasteiger partial charge < -0.3 is 15.5 Å². The van der Waals surface area contributed by atoms with Crippen molar-refractivity contribution in [1.29, 1.82) is 0 Å². The van der Waals surface area contributed by atoms with Crippen molar-refractivity contribution in [3.8, 4) is 0 Å². The molecule has 2 N–H and O–H groups in total. The Bertz CT molecular complexity index is 932. The predicted molar refractivity (Wildman–Crippen MR) is 121 cm³/mol. The molecule has 3 aromatic heterocycles. The van der Waals surface area contributed by atoms with Crippen LogP contribution in [0.1, 0.15) is 24.2 Å². The smallest absolute Gasteiger partial charge is 0.191 e. The molecular formula is C19H25IN8. The fourth-order valence-corrected chi connectivity index (χ4v) is 3.27. The van der Waals surface area contributed by atoms with Gasteiger partial charge in [0.2, 0.25) is 0 Å². The van der Waals surface area contributed by atoms with Crippen molar-refractivity contribution in [2.75, 3.05) is 25.0 Å². The molecule has 0 atom stereocenters. The van der Waals surface area contributed by atoms with Crippen LogP contribution in [0.2, 0.25) is 0 Å². The highest BCUT2D eigenvalue weighted by atomic mass is 127. The zero-order valence-corrected chi connectivity index (χ0v) is 18.2. The Morgan fingerprint density at radius 2 is 1.93 bits per heavy atom. The third kappa shape index (κ3) is 4.70. The van der Waals surface area contributed by atoms with Gasteiger partial charge >= 0.3 is 0 Å². The Kier molecular flexibility index (Phi) is 7.01. The number of fused-ring (bicyclic) bond motifs is 1. The Morgan fingerprint density at radius 1 is 1.11 bits per heavy atom. The topological polar surface area (TPSA) is 82.7 Å². The summed E-state index contributed by atoms with van der Waals surface area (Å²) < 4.78 is 1.96. The van der Waals surface area contributed by atoms with Gasteiger partial charge in [-0.25, -0.2) is 4.98 Å². The summed E-state index contributed by atoms with van der Waals surface area (Å²) in [7, 11) is 1.76. The molecule has 1 aliphatic heterocycles. The number of anilines is 1. The van der Waals surface area contributed by atoms with E-state index in [1.165, 1.54) is 18.4 Å². The Balaban J connectivity index is 0.00000225. The molecule has 8 nitrogen and oxygen atoms in total. The Labute approximate surface area is 181 Å². The summed E-state index contributed by atoms with van der Waals surface area (Å²) >= 11 is 0. The van der Waals surface area contributed by atoms with Crippen LogP contribution < -0.4 is 15.5 Å². The van der Waals surface area contributed by atoms with Crippen LogP contribution in [0.25, 0.3) is 5.65 Å². The van der Waals surface area contributed by atoms with Gasteiger partial charge in [-0.1, -0.05) is 6.07 Å². The second kappa shape index (κ2) is 9.67. The first kappa shape index (κ1) is 20.3. The SMILES string of the molecule is CN=C(NCc1ccnc(N2CCCC2)c1)NCc1nnc2ccccn12.I. The fraction of sp³-hybridized carbons (Fsp3) is 0.368. The van der Waals surface area contributed by atoms with Crippen molar-refractivity contribution in [3.05, 3.63) is 54.1 Å². The molecule has 148 valence electrons. The predicted octanol–water partition coefficient (Wildman–Crippen LogP) is 2.21. The summed E-state index contributed by atoms with van der Waals surface area (Å²) in [5.41, 5.74) is 2.02. The van der Waals surface area contributed by atoms with Crippen LogP contribution >= 0.6 is 24.0 Å². The van der Waals surface area contributed by atoms with Gasteiger partial charge in [-0.2, -0.15) is 0 Å². The van der Waals surface area contributed by atoms with E-state index in [1.807, 2.05) is 41.1 Å². The Morgan fingerprint density at radius 3 is 2.75 bits per heavy atom. The van der Waals surface area contributed by atoms with Crippen molar-refractivity contribution >= 4 is 41.4 Å². The number of nitrogens with one attached hydrogen (secondary N) is 2. The van der Waals surface area contributed by atoms with Gasteiger partial charge in [-0.05, 0) is 42.7 Å². The zero-order valence-electron chi connectivity index (χ0n) is 15.9. The van der Waals surface area contributed by atoms with Gasteiger partial charge in [0.25, 0.3) is 0 Å². The van der Waals surface area contributed by atoms with Crippen molar-refractivity contribution in [2.24, 2.45) is 4.99 Å². The lowest BCUT2D eigenvalue weighted by Gasteiger charge is -2.17. The molecular weight excluding hydrogens is 467 g/mol. The number of halogens is 1. The molecule has 0 saturated carbocycles. The number of aliphatic imine (C=N–C) groups is 1. The summed E-state index contributed by atoms with van der Waals surface area (Å²) in [5, 5.41) is 15.0. The number of rotatable bonds is 5. The van der Waals surface area contributed by atoms with E-state index < -0.39 is 0 Å². The molecule has 4 rings (SSSR count). The fourth-order valence-electron chi connectivity index (χ4n) is 3.27. The second-order valence-electron chi connectivity index (χ2n) is 6.54. The van der Waals surface area contributed by atoms with Crippen LogP contribution in [0.15, 0.2) is 47.7 Å². The number of pyridine rings is 2. The zero-order chi connectivity index (χ0) is 18.5. The highest BCUT2D eigenvalue weighted by molar-refractivity contribution is 14.0. The lowest BCUT2D eigenvalue weighted by atomic mass is 10.2. The quantitative estimate of drug-likeness (QED) is 0.323. The average Bonchev–Trinajstić information content (AvgIpc) is 3.39. The monoisotopic (exact) mass is 492 g/mol. The minimum atomic E-state index is 0. The summed E-state index contributed by atoms with van der Waals surface area (Å²) in [6.45, 7) is 3.42. The molecule has 0 aromatic carbocycles. The minimum absolute atomic E-state index is 0. The molecule has 1 fully saturated rings. The largest absolute Gasteiger partial charge is 0.357 e. The lowest BCUT2D eigenvalue weighted by molar-refractivity contribution is 0.762. The maximum atomic E-state index is 4.50. The maximum Gasteiger partial charge on any atom is 0.191 e. The van der Waals surface area contributed by atoms with Crippen LogP contribution in [0, 0.1) is 0 Å². The number of nitrogens with zero attached hydrogens (tertiary/aromatic N) is 6. The molecule has 0 bridgehead atoms. The van der Waals surface area contributed by atoms with Crippen molar-refractivity contribution in [3.63, 3.8) is 0 Å². The molecule has 9 heteroatoms. The van der Waals surface area contributed by atoms with E-state index in [0.717, 1.165) is 36.3 Å². The van der Waals surface area contributed by atoms with E-state index in [0.29, 0.717) is 13.1 Å². The molecule has 0 aliphatic carbocycles. The van der Waals surface area contributed by atoms with Crippen LogP contribution in [0.5, 0.6) is 0 Å². The van der Waals surface area contributed by atoms with Gasteiger partial charge in [0.15, 0.2) is 17.4 Å². The normalized spacial score (nSPS) is 14.2. The molecule has 3 aromatic rings. The third-order valence-electron chi connectivity index (χ3n) is 4.72. The van der Waals surface area contributed by atoms with Crippen molar-refractivity contribution in [1.82, 2.24) is 30.2 Å². The summed E-state index contributed by atoms with van der Waals surface area (Å²) in [6.07, 6.45) is 6.33. The second-order valence-corrected chi connectivity index (χ2v) is 6.54. The van der Waals surface area contributed by atoms with E-state index >= 15 is 0 Å². The molecule has 0 unspecified atom stereocenters. The molecule has 4 heterocycles. The molecule has 1 aliphatic rings. The van der Waals surface area contributed by atoms with E-state index in [9.17, 15) is 0 Å². The Hall–Kier alpha value is -2.43. The molecule has 28 heavy (non-hydrogen) atoms. The first-order valence-corrected chi connectivity index (χ1v) is 9.26. The average molecular weight is 492 g/mol. The summed E-state index contributed by atoms with van der Waals surface area (Å²) in [6, 6.07) is 10.0. The molecule has 0 amide bonds. The van der Waals surface area contributed by atoms with Gasteiger partial charge in [0.1, 0.15) is 5.82 Å². The van der Waals surface area contributed by atoms with E-state index in [4.69, 9.17) is 0 Å². The molecule has 1 saturated heterocycles. The van der Waals surface area contributed by atoms with E-state index in [2.05, 4.69) is 41.8 Å². The summed E-state index contributed by atoms with van der Waals surface area (Å²) in [5.74, 6) is 2.63. The van der Waals surface area contributed by atoms with Crippen LogP contribution in [0.3, 0.4) is 0 Å². The maximum absolute atomic E-state index is 4.50. The number of aromatic nitrogens is 4. The van der Waals surface area contributed by atoms with Crippen molar-refractivity contribution < 1.29 is 0 Å². The molecule has 0 radical (unpaired) electrons. The van der Waals surface area contributed by atoms with Gasteiger partial charge in [0.05, 0.1) is 6.54 Å². The number of hydrogen-bond donors (Lipinski definition) is 2. The van der Waals surface area contributed by atoms with Crippen molar-refractivity contribution in [2.45, 2.75) is 25.9 Å². The lowest BCUT2D eigenvalue weighted by Crippen LogP contribution is -2.36. The third-order valence-corrected chi connectivity index (χ3v) is 4.72. The highest BCUT2D eigenvalue weighted by Gasteiger charge is 2.13. The van der Waals surface area contributed by atoms with Gasteiger partial charge in [-0.15, -0.1) is 34.2 Å². The van der Waals surface area contributed by atoms with Crippen LogP contribution in [0.4, 0.5) is 5.82 Å². The molecule has 0 spiro atoms. The first-order chi connectivity index (χ1) is 13.3. The standard InChI is InChI=1S/C19H24N8.HI/c1-20-19(23-14-18-25-24-16-6-2-3-11-27(16)18)22-13-15-7-8-21-17(12-15)26-9-4-5-10-26;/h2-3,6-8,11-12H,4-5,9-10,13-14H2,1H3,(H2,20,22,23);1H. The van der Waals surface area contributed by atoms with Crippen LogP contribution in [-0.4, -0.2) is 45.7 Å². The minimum Gasteiger partial charge on any atom is -0.357 e. The van der Waals surface area contributed by atoms with E-state index in [-0.39, 0.29) is 24.0 Å². The number of hydrogen-bond acceptors (Lipinski definition) is 5. The van der Waals surface area contributed by atoms with E-state index in [1.54, 1.807) is 7.05 Å². The van der Waals surface area contributed by atoms with Gasteiger partial charge in [-0.3, -0.25) is 9.39 Å². The first-order valence-electron chi connectivity index (χ1n) is 9.26. The number of guanidine groups is 1.